The molecule has 0 aliphatic heterocycles. The molecule has 0 nitrogen and oxygen atoms in total. The van der Waals surface area contributed by atoms with Crippen LogP contribution in [0.25, 0.3) is 22.3 Å². The van der Waals surface area contributed by atoms with Crippen LogP contribution >= 0.6 is 15.9 Å². The summed E-state index contributed by atoms with van der Waals surface area (Å²) in [4.78, 5) is 0. The van der Waals surface area contributed by atoms with Crippen molar-refractivity contribution >= 4 is 39.0 Å². The maximum Gasteiger partial charge on any atom is 0.243 e. The third-order valence-corrected chi connectivity index (χ3v) is 8.28. The van der Waals surface area contributed by atoms with E-state index < -0.39 is 0 Å². The van der Waals surface area contributed by atoms with Crippen molar-refractivity contribution < 1.29 is 0 Å². The van der Waals surface area contributed by atoms with Crippen molar-refractivity contribution in [2.75, 3.05) is 0 Å². The van der Waals surface area contributed by atoms with Crippen LogP contribution in [-0.4, -0.2) is 6.71 Å². The first kappa shape index (κ1) is 26.3. The van der Waals surface area contributed by atoms with E-state index in [2.05, 4.69) is 155 Å². The normalized spacial score (nSPS) is 11.0. The van der Waals surface area contributed by atoms with Crippen molar-refractivity contribution in [3.05, 3.63) is 135 Å². The summed E-state index contributed by atoms with van der Waals surface area (Å²) in [5.74, 6) is 0. The Kier molecular flexibility index (Phi) is 7.46. The summed E-state index contributed by atoms with van der Waals surface area (Å²) in [6.07, 6.45) is 0. The molecule has 5 aromatic rings. The van der Waals surface area contributed by atoms with Gasteiger partial charge in [-0.3, -0.25) is 0 Å². The Balaban J connectivity index is 1.77. The average Bonchev–Trinajstić information content (AvgIpc) is 2.88. The molecular formula is C36H34BBr. The first-order chi connectivity index (χ1) is 18.2. The molecule has 0 heterocycles. The van der Waals surface area contributed by atoms with Gasteiger partial charge in [0.25, 0.3) is 0 Å². The van der Waals surface area contributed by atoms with E-state index in [0.717, 1.165) is 4.47 Å². The SMILES string of the molecule is Cc1cc(Br)cc(C)c1B(c1c(C)cc(-c2ccccc2)cc1C)c1c(C)cc(-c2ccccc2)cc1C. The van der Waals surface area contributed by atoms with Gasteiger partial charge in [0.05, 0.1) is 0 Å². The highest BCUT2D eigenvalue weighted by molar-refractivity contribution is 9.10. The van der Waals surface area contributed by atoms with Gasteiger partial charge in [-0.05, 0) is 75.9 Å². The zero-order chi connectivity index (χ0) is 27.0. The average molecular weight is 557 g/mol. The molecule has 0 bridgehead atoms. The van der Waals surface area contributed by atoms with E-state index in [4.69, 9.17) is 0 Å². The first-order valence-electron chi connectivity index (χ1n) is 13.3. The summed E-state index contributed by atoms with van der Waals surface area (Å²) in [5.41, 5.74) is 17.3. The summed E-state index contributed by atoms with van der Waals surface area (Å²) in [6.45, 7) is 13.8. The van der Waals surface area contributed by atoms with Crippen molar-refractivity contribution in [1.82, 2.24) is 0 Å². The maximum absolute atomic E-state index is 3.74. The predicted octanol–water partition coefficient (Wildman–Crippen LogP) is 8.15. The Morgan fingerprint density at radius 1 is 0.395 bits per heavy atom. The van der Waals surface area contributed by atoms with Gasteiger partial charge in [0.15, 0.2) is 0 Å². The van der Waals surface area contributed by atoms with Crippen LogP contribution in [0.15, 0.2) is 102 Å². The Morgan fingerprint density at radius 3 is 1.00 bits per heavy atom. The van der Waals surface area contributed by atoms with Crippen LogP contribution in [0.1, 0.15) is 33.4 Å². The first-order valence-corrected chi connectivity index (χ1v) is 14.1. The second kappa shape index (κ2) is 10.8. The Labute approximate surface area is 237 Å². The van der Waals surface area contributed by atoms with Crippen molar-refractivity contribution in [3.8, 4) is 22.3 Å². The third-order valence-electron chi connectivity index (χ3n) is 7.83. The Hall–Kier alpha value is -3.36. The van der Waals surface area contributed by atoms with Crippen LogP contribution in [0, 0.1) is 41.5 Å². The molecule has 0 unspecified atom stereocenters. The highest BCUT2D eigenvalue weighted by Gasteiger charge is 2.31. The number of hydrogen-bond acceptors (Lipinski definition) is 0. The topological polar surface area (TPSA) is 0 Å². The van der Waals surface area contributed by atoms with E-state index in [1.807, 2.05) is 0 Å². The van der Waals surface area contributed by atoms with Crippen molar-refractivity contribution in [3.63, 3.8) is 0 Å². The van der Waals surface area contributed by atoms with E-state index in [9.17, 15) is 0 Å². The molecule has 0 saturated carbocycles. The van der Waals surface area contributed by atoms with E-state index in [1.54, 1.807) is 0 Å². The van der Waals surface area contributed by atoms with Crippen molar-refractivity contribution in [2.45, 2.75) is 41.5 Å². The smallest absolute Gasteiger partial charge is 0.0629 e. The van der Waals surface area contributed by atoms with Gasteiger partial charge in [-0.25, -0.2) is 0 Å². The molecule has 0 spiro atoms. The highest BCUT2D eigenvalue weighted by atomic mass is 79.9. The number of rotatable bonds is 5. The van der Waals surface area contributed by atoms with Gasteiger partial charge >= 0.3 is 0 Å². The van der Waals surface area contributed by atoms with Crippen molar-refractivity contribution in [1.29, 1.82) is 0 Å². The van der Waals surface area contributed by atoms with Gasteiger partial charge in [0, 0.05) is 4.47 Å². The van der Waals surface area contributed by atoms with Crippen LogP contribution < -0.4 is 16.4 Å². The van der Waals surface area contributed by atoms with Crippen LogP contribution in [0.3, 0.4) is 0 Å². The van der Waals surface area contributed by atoms with E-state index >= 15 is 0 Å². The van der Waals surface area contributed by atoms with Crippen LogP contribution in [-0.2, 0) is 0 Å². The molecule has 188 valence electrons. The van der Waals surface area contributed by atoms with Crippen LogP contribution in [0.2, 0.25) is 0 Å². The summed E-state index contributed by atoms with van der Waals surface area (Å²) in [6, 6.07) is 35.4. The largest absolute Gasteiger partial charge is 0.243 e. The molecule has 0 aromatic heterocycles. The van der Waals surface area contributed by atoms with Gasteiger partial charge in [-0.15, -0.1) is 0 Å². The number of aryl methyl sites for hydroxylation is 6. The number of benzene rings is 5. The Morgan fingerprint density at radius 2 is 0.684 bits per heavy atom. The van der Waals surface area contributed by atoms with Gasteiger partial charge in [0.1, 0.15) is 0 Å². The summed E-state index contributed by atoms with van der Waals surface area (Å²) in [5, 5.41) is 0. The molecule has 38 heavy (non-hydrogen) atoms. The van der Waals surface area contributed by atoms with Crippen LogP contribution in [0.5, 0.6) is 0 Å². The van der Waals surface area contributed by atoms with Gasteiger partial charge in [0.2, 0.25) is 6.71 Å². The minimum atomic E-state index is 0.151. The molecule has 5 aromatic carbocycles. The number of hydrogen-bond donors (Lipinski definition) is 0. The molecule has 0 aliphatic rings. The minimum Gasteiger partial charge on any atom is -0.0629 e. The molecular weight excluding hydrogens is 523 g/mol. The van der Waals surface area contributed by atoms with Gasteiger partial charge in [-0.2, -0.15) is 0 Å². The molecule has 0 radical (unpaired) electrons. The van der Waals surface area contributed by atoms with E-state index in [0.29, 0.717) is 0 Å². The lowest BCUT2D eigenvalue weighted by Crippen LogP contribution is -2.57. The molecule has 0 atom stereocenters. The second-order valence-corrected chi connectivity index (χ2v) is 11.6. The fourth-order valence-electron chi connectivity index (χ4n) is 6.26. The quantitative estimate of drug-likeness (QED) is 0.192. The highest BCUT2D eigenvalue weighted by Crippen LogP contribution is 2.25. The molecule has 0 amide bonds. The fourth-order valence-corrected chi connectivity index (χ4v) is 6.95. The fraction of sp³-hybridized carbons (Fsp3) is 0.167. The summed E-state index contributed by atoms with van der Waals surface area (Å²) < 4.78 is 1.13. The molecule has 0 saturated heterocycles. The zero-order valence-electron chi connectivity index (χ0n) is 23.2. The van der Waals surface area contributed by atoms with Gasteiger partial charge in [-0.1, -0.05) is 151 Å². The predicted molar refractivity (Wildman–Crippen MR) is 171 cm³/mol. The molecule has 2 heteroatoms. The molecule has 0 fully saturated rings. The molecule has 0 aliphatic carbocycles. The van der Waals surface area contributed by atoms with E-state index in [1.165, 1.54) is 72.0 Å². The van der Waals surface area contributed by atoms with Crippen molar-refractivity contribution in [2.24, 2.45) is 0 Å². The number of halogens is 1. The second-order valence-electron chi connectivity index (χ2n) is 10.7. The van der Waals surface area contributed by atoms with E-state index in [-0.39, 0.29) is 6.71 Å². The lowest BCUT2D eigenvalue weighted by molar-refractivity contribution is 1.38. The van der Waals surface area contributed by atoms with Gasteiger partial charge < -0.3 is 0 Å². The lowest BCUT2D eigenvalue weighted by atomic mass is 9.33. The third kappa shape index (κ3) is 5.03. The summed E-state index contributed by atoms with van der Waals surface area (Å²) >= 11 is 3.74. The molecule has 0 N–H and O–H groups in total. The minimum absolute atomic E-state index is 0.151. The zero-order valence-corrected chi connectivity index (χ0v) is 24.8. The Bertz CT molecular complexity index is 1450. The summed E-state index contributed by atoms with van der Waals surface area (Å²) in [7, 11) is 0. The lowest BCUT2D eigenvalue weighted by Gasteiger charge is -2.27. The monoisotopic (exact) mass is 556 g/mol. The maximum atomic E-state index is 3.74. The molecule has 5 rings (SSSR count). The van der Waals surface area contributed by atoms with Crippen LogP contribution in [0.4, 0.5) is 0 Å². The standard InChI is InChI=1S/C36H34BBr/c1-23-17-31(29-13-9-7-10-14-29)18-24(2)34(23)37(36-27(5)21-33(38)22-28(36)6)35-25(3)19-32(20-26(35)4)30-15-11-8-12-16-30/h7-22H,1-6H3.